The van der Waals surface area contributed by atoms with Crippen molar-refractivity contribution in [3.8, 4) is 11.5 Å². The van der Waals surface area contributed by atoms with Crippen LogP contribution in [0.1, 0.15) is 42.9 Å². The average Bonchev–Trinajstić information content (AvgIpc) is 3.31. The van der Waals surface area contributed by atoms with Crippen molar-refractivity contribution in [2.75, 3.05) is 20.3 Å². The number of benzene rings is 2. The van der Waals surface area contributed by atoms with Gasteiger partial charge in [0.25, 0.3) is 0 Å². The summed E-state index contributed by atoms with van der Waals surface area (Å²) in [5, 5.41) is 34.1. The second-order valence-corrected chi connectivity index (χ2v) is 10.7. The molecular formula is C29H35ClN2O7. The lowest BCUT2D eigenvalue weighted by molar-refractivity contribution is -0.138. The van der Waals surface area contributed by atoms with Crippen molar-refractivity contribution in [3.05, 3.63) is 69.8 Å². The highest BCUT2D eigenvalue weighted by molar-refractivity contribution is 6.30. The second kappa shape index (κ2) is 12.4. The number of methoxy groups -OCH3 is 1. The predicted molar refractivity (Wildman–Crippen MR) is 146 cm³/mol. The minimum Gasteiger partial charge on any atom is -0.493 e. The number of ether oxygens (including phenoxy) is 2. The Morgan fingerprint density at radius 1 is 1.15 bits per heavy atom. The van der Waals surface area contributed by atoms with Crippen LogP contribution in [0.25, 0.3) is 0 Å². The number of aliphatic hydroxyl groups excluding tert-OH is 3. The zero-order valence-electron chi connectivity index (χ0n) is 22.3. The van der Waals surface area contributed by atoms with Crippen LogP contribution in [0.4, 0.5) is 0 Å². The Labute approximate surface area is 233 Å². The van der Waals surface area contributed by atoms with Crippen molar-refractivity contribution in [1.82, 2.24) is 10.2 Å². The molecule has 9 nitrogen and oxygen atoms in total. The van der Waals surface area contributed by atoms with Crippen molar-refractivity contribution in [3.63, 3.8) is 0 Å². The highest BCUT2D eigenvalue weighted by Gasteiger charge is 2.51. The van der Waals surface area contributed by atoms with Gasteiger partial charge in [-0.1, -0.05) is 37.6 Å². The fraction of sp³-hybridized carbons (Fsp3) is 0.448. The predicted octanol–water partition coefficient (Wildman–Crippen LogP) is 2.54. The maximum absolute atomic E-state index is 13.5. The molecule has 10 heteroatoms. The van der Waals surface area contributed by atoms with E-state index in [1.54, 1.807) is 35.2 Å². The summed E-state index contributed by atoms with van der Waals surface area (Å²) < 4.78 is 11.8. The Kier molecular flexibility index (Phi) is 9.17. The molecule has 0 bridgehead atoms. The van der Waals surface area contributed by atoms with E-state index in [-0.39, 0.29) is 44.5 Å². The van der Waals surface area contributed by atoms with Crippen molar-refractivity contribution in [2.24, 2.45) is 5.92 Å². The molecular weight excluding hydrogens is 524 g/mol. The Bertz CT molecular complexity index is 1230. The van der Waals surface area contributed by atoms with E-state index >= 15 is 0 Å². The van der Waals surface area contributed by atoms with Crippen LogP contribution in [-0.2, 0) is 22.7 Å². The molecule has 4 N–H and O–H groups in total. The second-order valence-electron chi connectivity index (χ2n) is 10.3. The van der Waals surface area contributed by atoms with E-state index in [0.717, 1.165) is 5.56 Å². The first-order valence-electron chi connectivity index (χ1n) is 13.0. The number of fused-ring (bicyclic) bond motifs is 3. The summed E-state index contributed by atoms with van der Waals surface area (Å²) in [7, 11) is 1.48. The molecule has 0 radical (unpaired) electrons. The normalized spacial score (nSPS) is 21.5. The van der Waals surface area contributed by atoms with Gasteiger partial charge in [0.1, 0.15) is 12.2 Å². The van der Waals surface area contributed by atoms with Crippen molar-refractivity contribution in [2.45, 2.75) is 57.6 Å². The lowest BCUT2D eigenvalue weighted by Gasteiger charge is -2.41. The summed E-state index contributed by atoms with van der Waals surface area (Å²) in [6.07, 6.45) is -0.197. The first kappa shape index (κ1) is 28.9. The molecule has 0 fully saturated rings. The van der Waals surface area contributed by atoms with E-state index in [1.165, 1.54) is 7.11 Å². The van der Waals surface area contributed by atoms with Crippen LogP contribution < -0.4 is 14.8 Å². The van der Waals surface area contributed by atoms with E-state index < -0.39 is 30.1 Å². The molecule has 0 saturated carbocycles. The molecule has 2 amide bonds. The summed E-state index contributed by atoms with van der Waals surface area (Å²) >= 11 is 6.06. The molecule has 1 aliphatic carbocycles. The van der Waals surface area contributed by atoms with E-state index in [0.29, 0.717) is 33.2 Å². The standard InChI is InChI=1S/C29H35ClN2O7/c1-16(2)10-24(35)32(14-17-4-6-19(30)7-5-17)22-13-21(29(37)31-8-9-33)25-20-11-18(15-34)12-23(38-3)27(20)39-28(25)26(22)36/h4-7,11-13,16,22,25-26,28,33-34,36H,8-10,14-15H2,1-3H3,(H,31,37)/t22-,25+,26+,28+/m1/s1. The van der Waals surface area contributed by atoms with Crippen LogP contribution in [0.3, 0.4) is 0 Å². The minimum atomic E-state index is -1.18. The first-order chi connectivity index (χ1) is 18.7. The van der Waals surface area contributed by atoms with Crippen LogP contribution in [0.15, 0.2) is 48.0 Å². The monoisotopic (exact) mass is 558 g/mol. The fourth-order valence-corrected chi connectivity index (χ4v) is 5.36. The van der Waals surface area contributed by atoms with Crippen LogP contribution in [0.5, 0.6) is 11.5 Å². The quantitative estimate of drug-likeness (QED) is 0.353. The van der Waals surface area contributed by atoms with E-state index in [4.69, 9.17) is 21.1 Å². The van der Waals surface area contributed by atoms with Gasteiger partial charge in [0, 0.05) is 35.7 Å². The van der Waals surface area contributed by atoms with Crippen LogP contribution >= 0.6 is 11.6 Å². The third-order valence-corrected chi connectivity index (χ3v) is 7.28. The zero-order valence-corrected chi connectivity index (χ0v) is 23.0. The van der Waals surface area contributed by atoms with E-state index in [1.807, 2.05) is 26.0 Å². The molecule has 2 aliphatic rings. The van der Waals surface area contributed by atoms with Gasteiger partial charge in [0.2, 0.25) is 11.8 Å². The van der Waals surface area contributed by atoms with E-state index in [9.17, 15) is 24.9 Å². The molecule has 2 aromatic rings. The molecule has 4 atom stereocenters. The lowest BCUT2D eigenvalue weighted by atomic mass is 9.77. The molecule has 0 aromatic heterocycles. The third kappa shape index (κ3) is 6.06. The van der Waals surface area contributed by atoms with Gasteiger partial charge in [-0.05, 0) is 47.4 Å². The molecule has 1 aliphatic heterocycles. The number of carbonyl (C=O) groups excluding carboxylic acids is 2. The molecule has 2 aromatic carbocycles. The molecule has 210 valence electrons. The molecule has 0 spiro atoms. The number of aliphatic hydroxyl groups is 3. The van der Waals surface area contributed by atoms with Crippen LogP contribution in [-0.4, -0.2) is 70.5 Å². The minimum absolute atomic E-state index is 0.0370. The average molecular weight is 559 g/mol. The first-order valence-corrected chi connectivity index (χ1v) is 13.4. The zero-order chi connectivity index (χ0) is 28.3. The van der Waals surface area contributed by atoms with Crippen LogP contribution in [0.2, 0.25) is 5.02 Å². The van der Waals surface area contributed by atoms with Gasteiger partial charge in [-0.15, -0.1) is 0 Å². The van der Waals surface area contributed by atoms with Gasteiger partial charge in [-0.2, -0.15) is 0 Å². The van der Waals surface area contributed by atoms with Gasteiger partial charge in [-0.25, -0.2) is 0 Å². The highest BCUT2D eigenvalue weighted by atomic mass is 35.5. The Morgan fingerprint density at radius 3 is 2.49 bits per heavy atom. The van der Waals surface area contributed by atoms with Gasteiger partial charge in [-0.3, -0.25) is 9.59 Å². The van der Waals surface area contributed by atoms with Crippen molar-refractivity contribution < 1.29 is 34.4 Å². The van der Waals surface area contributed by atoms with Gasteiger partial charge in [0.05, 0.1) is 32.3 Å². The van der Waals surface area contributed by atoms with Gasteiger partial charge < -0.3 is 35.0 Å². The van der Waals surface area contributed by atoms with Crippen LogP contribution in [0, 0.1) is 5.92 Å². The maximum Gasteiger partial charge on any atom is 0.247 e. The fourth-order valence-electron chi connectivity index (χ4n) is 5.23. The number of halogens is 1. The number of hydrogen-bond donors (Lipinski definition) is 4. The number of nitrogens with zero attached hydrogens (tertiary/aromatic N) is 1. The topological polar surface area (TPSA) is 129 Å². The lowest BCUT2D eigenvalue weighted by Crippen LogP contribution is -2.55. The molecule has 39 heavy (non-hydrogen) atoms. The molecule has 4 rings (SSSR count). The third-order valence-electron chi connectivity index (χ3n) is 7.02. The number of rotatable bonds is 10. The molecule has 0 saturated heterocycles. The number of amides is 2. The summed E-state index contributed by atoms with van der Waals surface area (Å²) in [6, 6.07) is 9.61. The van der Waals surface area contributed by atoms with Crippen molar-refractivity contribution in [1.29, 1.82) is 0 Å². The molecule has 0 unspecified atom stereocenters. The number of hydrogen-bond acceptors (Lipinski definition) is 7. The Balaban J connectivity index is 1.81. The maximum atomic E-state index is 13.5. The number of carbonyl (C=O) groups is 2. The van der Waals surface area contributed by atoms with Gasteiger partial charge in [0.15, 0.2) is 11.5 Å². The smallest absolute Gasteiger partial charge is 0.247 e. The SMILES string of the molecule is COc1cc(CO)cc2c1O[C@@H]1[C@@H](O)[C@H](N(Cc3ccc(Cl)cc3)C(=O)CC(C)C)C=C(C(=O)NCCO)[C@H]21. The Hall–Kier alpha value is -3.11. The number of nitrogens with one attached hydrogen (secondary N) is 1. The summed E-state index contributed by atoms with van der Waals surface area (Å²) in [4.78, 5) is 28.5. The van der Waals surface area contributed by atoms with Crippen molar-refractivity contribution >= 4 is 23.4 Å². The highest BCUT2D eigenvalue weighted by Crippen LogP contribution is 2.51. The largest absolute Gasteiger partial charge is 0.493 e. The summed E-state index contributed by atoms with van der Waals surface area (Å²) in [5.74, 6) is -0.471. The summed E-state index contributed by atoms with van der Waals surface area (Å²) in [5.41, 5.74) is 2.29. The Morgan fingerprint density at radius 2 is 1.87 bits per heavy atom. The summed E-state index contributed by atoms with van der Waals surface area (Å²) in [6.45, 7) is 3.61. The van der Waals surface area contributed by atoms with Gasteiger partial charge >= 0.3 is 0 Å². The molecule has 1 heterocycles. The van der Waals surface area contributed by atoms with E-state index in [2.05, 4.69) is 5.32 Å².